The van der Waals surface area contributed by atoms with E-state index in [0.29, 0.717) is 11.7 Å². The summed E-state index contributed by atoms with van der Waals surface area (Å²) in [7, 11) is 0.762. The first-order valence-electron chi connectivity index (χ1n) is 5.32. The second-order valence-corrected chi connectivity index (χ2v) is 5.88. The van der Waals surface area contributed by atoms with Crippen molar-refractivity contribution in [1.29, 1.82) is 0 Å². The number of hydrogen-bond donors (Lipinski definition) is 1. The second-order valence-electron chi connectivity index (χ2n) is 4.37. The van der Waals surface area contributed by atoms with E-state index in [1.54, 1.807) is 11.9 Å². The molecule has 0 bridgehead atoms. The fourth-order valence-electron chi connectivity index (χ4n) is 1.32. The van der Waals surface area contributed by atoms with Crippen LogP contribution < -0.4 is 5.32 Å². The third-order valence-corrected chi connectivity index (χ3v) is 4.15. The van der Waals surface area contributed by atoms with Crippen molar-refractivity contribution in [1.82, 2.24) is 10.2 Å². The molecule has 1 amide bonds. The molecule has 5 heteroatoms. The van der Waals surface area contributed by atoms with E-state index in [4.69, 9.17) is 0 Å². The monoisotopic (exact) mass is 232 g/mol. The van der Waals surface area contributed by atoms with Crippen molar-refractivity contribution in [2.45, 2.75) is 19.9 Å². The normalized spacial score (nSPS) is 18.7. The Kier molecular flexibility index (Phi) is 4.73. The molecule has 1 aliphatic rings. The van der Waals surface area contributed by atoms with E-state index in [9.17, 15) is 9.00 Å². The number of amides is 1. The highest BCUT2D eigenvalue weighted by atomic mass is 32.2. The highest BCUT2D eigenvalue weighted by Crippen LogP contribution is 2.05. The zero-order chi connectivity index (χ0) is 11.4. The summed E-state index contributed by atoms with van der Waals surface area (Å²) in [5, 5.41) is 3.13. The maximum Gasteiger partial charge on any atom is 0.235 e. The van der Waals surface area contributed by atoms with E-state index in [-0.39, 0.29) is 17.7 Å². The summed E-state index contributed by atoms with van der Waals surface area (Å²) in [5.41, 5.74) is 0. The lowest BCUT2D eigenvalue weighted by Crippen LogP contribution is -2.45. The molecule has 1 N–H and O–H groups in total. The Morgan fingerprint density at radius 3 is 2.53 bits per heavy atom. The molecule has 0 aliphatic carbocycles. The van der Waals surface area contributed by atoms with Gasteiger partial charge >= 0.3 is 0 Å². The van der Waals surface area contributed by atoms with Gasteiger partial charge in [-0.1, -0.05) is 0 Å². The minimum absolute atomic E-state index is 0.0179. The standard InChI is InChI=1S/C10H20N2O2S/c1-8(2)12(3)10(13)7-15(14)6-9-4-11-5-9/h8-9,11H,4-7H2,1-3H3. The van der Waals surface area contributed by atoms with E-state index in [0.717, 1.165) is 13.1 Å². The van der Waals surface area contributed by atoms with Gasteiger partial charge in [-0.25, -0.2) is 0 Å². The van der Waals surface area contributed by atoms with Gasteiger partial charge in [0.15, 0.2) is 0 Å². The van der Waals surface area contributed by atoms with Crippen molar-refractivity contribution >= 4 is 16.7 Å². The molecule has 4 nitrogen and oxygen atoms in total. The van der Waals surface area contributed by atoms with Gasteiger partial charge in [-0.15, -0.1) is 0 Å². The largest absolute Gasteiger partial charge is 0.343 e. The summed E-state index contributed by atoms with van der Waals surface area (Å²) < 4.78 is 11.6. The summed E-state index contributed by atoms with van der Waals surface area (Å²) in [6.45, 7) is 5.80. The maximum absolute atomic E-state index is 11.6. The molecule has 1 rings (SSSR count). The average molecular weight is 232 g/mol. The van der Waals surface area contributed by atoms with Crippen LogP contribution in [0.4, 0.5) is 0 Å². The third-order valence-electron chi connectivity index (χ3n) is 2.74. The van der Waals surface area contributed by atoms with E-state index in [1.165, 1.54) is 0 Å². The highest BCUT2D eigenvalue weighted by molar-refractivity contribution is 7.85. The molecule has 1 atom stereocenters. The van der Waals surface area contributed by atoms with Crippen molar-refractivity contribution < 1.29 is 9.00 Å². The van der Waals surface area contributed by atoms with E-state index in [1.807, 2.05) is 13.8 Å². The van der Waals surface area contributed by atoms with Crippen molar-refractivity contribution in [2.75, 3.05) is 31.6 Å². The maximum atomic E-state index is 11.6. The number of carbonyl (C=O) groups excluding carboxylic acids is 1. The molecule has 1 heterocycles. The summed E-state index contributed by atoms with van der Waals surface area (Å²) >= 11 is 0. The Morgan fingerprint density at radius 1 is 1.53 bits per heavy atom. The van der Waals surface area contributed by atoms with Crippen LogP contribution in [0.3, 0.4) is 0 Å². The molecule has 0 aromatic carbocycles. The lowest BCUT2D eigenvalue weighted by atomic mass is 10.1. The van der Waals surface area contributed by atoms with Crippen LogP contribution in [0.15, 0.2) is 0 Å². The lowest BCUT2D eigenvalue weighted by molar-refractivity contribution is -0.128. The van der Waals surface area contributed by atoms with Gasteiger partial charge in [0.25, 0.3) is 0 Å². The molecule has 0 saturated carbocycles. The van der Waals surface area contributed by atoms with Gasteiger partial charge in [-0.2, -0.15) is 0 Å². The number of carbonyl (C=O) groups is 1. The van der Waals surface area contributed by atoms with Crippen LogP contribution in [-0.2, 0) is 15.6 Å². The first-order valence-corrected chi connectivity index (χ1v) is 6.81. The topological polar surface area (TPSA) is 49.4 Å². The second kappa shape index (κ2) is 5.61. The number of hydrogen-bond acceptors (Lipinski definition) is 3. The Bertz CT molecular complexity index is 252. The van der Waals surface area contributed by atoms with Gasteiger partial charge in [0, 0.05) is 42.7 Å². The molecule has 0 radical (unpaired) electrons. The average Bonchev–Trinajstić information content (AvgIpc) is 2.09. The zero-order valence-corrected chi connectivity index (χ0v) is 10.5. The molecule has 0 spiro atoms. The first kappa shape index (κ1) is 12.6. The molecule has 0 aromatic heterocycles. The fourth-order valence-corrected chi connectivity index (χ4v) is 2.67. The Hall–Kier alpha value is -0.420. The molecular formula is C10H20N2O2S. The van der Waals surface area contributed by atoms with Crippen LogP contribution in [0.1, 0.15) is 13.8 Å². The Morgan fingerprint density at radius 2 is 2.13 bits per heavy atom. The summed E-state index contributed by atoms with van der Waals surface area (Å²) in [5.74, 6) is 1.31. The fraction of sp³-hybridized carbons (Fsp3) is 0.900. The van der Waals surface area contributed by atoms with Gasteiger partial charge in [0.1, 0.15) is 5.75 Å². The smallest absolute Gasteiger partial charge is 0.235 e. The molecular weight excluding hydrogens is 212 g/mol. The minimum atomic E-state index is -0.997. The first-order chi connectivity index (χ1) is 7.00. The van der Waals surface area contributed by atoms with Crippen LogP contribution in [0.25, 0.3) is 0 Å². The zero-order valence-electron chi connectivity index (χ0n) is 9.66. The molecule has 1 unspecified atom stereocenters. The minimum Gasteiger partial charge on any atom is -0.343 e. The van der Waals surface area contributed by atoms with Crippen molar-refractivity contribution in [2.24, 2.45) is 5.92 Å². The van der Waals surface area contributed by atoms with Gasteiger partial charge in [0.2, 0.25) is 5.91 Å². The third kappa shape index (κ3) is 3.91. The SMILES string of the molecule is CC(C)N(C)C(=O)CS(=O)CC1CNC1. The number of nitrogens with zero attached hydrogens (tertiary/aromatic N) is 1. The highest BCUT2D eigenvalue weighted by Gasteiger charge is 2.22. The summed E-state index contributed by atoms with van der Waals surface area (Å²) in [6, 6.07) is 0.180. The predicted molar refractivity (Wildman–Crippen MR) is 62.1 cm³/mol. The predicted octanol–water partition coefficient (Wildman–Crippen LogP) is -0.179. The summed E-state index contributed by atoms with van der Waals surface area (Å²) in [6.07, 6.45) is 0. The van der Waals surface area contributed by atoms with Gasteiger partial charge in [-0.3, -0.25) is 9.00 Å². The van der Waals surface area contributed by atoms with Crippen LogP contribution in [-0.4, -0.2) is 52.7 Å². The van der Waals surface area contributed by atoms with Crippen molar-refractivity contribution in [3.63, 3.8) is 0 Å². The summed E-state index contributed by atoms with van der Waals surface area (Å²) in [4.78, 5) is 13.2. The van der Waals surface area contributed by atoms with Gasteiger partial charge < -0.3 is 10.2 Å². The van der Waals surface area contributed by atoms with Gasteiger partial charge in [-0.05, 0) is 19.8 Å². The molecule has 1 aliphatic heterocycles. The van der Waals surface area contributed by atoms with Crippen LogP contribution >= 0.6 is 0 Å². The molecule has 15 heavy (non-hydrogen) atoms. The Balaban J connectivity index is 2.27. The molecule has 88 valence electrons. The van der Waals surface area contributed by atoms with Crippen molar-refractivity contribution in [3.8, 4) is 0 Å². The molecule has 0 aromatic rings. The molecule has 1 saturated heterocycles. The van der Waals surface area contributed by atoms with Gasteiger partial charge in [0.05, 0.1) is 0 Å². The van der Waals surface area contributed by atoms with Crippen LogP contribution in [0.2, 0.25) is 0 Å². The van der Waals surface area contributed by atoms with E-state index >= 15 is 0 Å². The number of rotatable bonds is 5. The van der Waals surface area contributed by atoms with Crippen LogP contribution in [0, 0.1) is 5.92 Å². The van der Waals surface area contributed by atoms with Crippen LogP contribution in [0.5, 0.6) is 0 Å². The quantitative estimate of drug-likeness (QED) is 0.715. The molecule has 1 fully saturated rings. The van der Waals surface area contributed by atoms with E-state index in [2.05, 4.69) is 5.32 Å². The Labute approximate surface area is 93.9 Å². The van der Waals surface area contributed by atoms with E-state index < -0.39 is 10.8 Å². The number of nitrogens with one attached hydrogen (secondary N) is 1. The lowest BCUT2D eigenvalue weighted by Gasteiger charge is -2.27. The van der Waals surface area contributed by atoms with Crippen molar-refractivity contribution in [3.05, 3.63) is 0 Å².